The minimum atomic E-state index is 0.185. The molecule has 7 N–H and O–H groups in total. The van der Waals surface area contributed by atoms with E-state index in [9.17, 15) is 0 Å². The maximum Gasteiger partial charge on any atom is 0.0434 e. The maximum absolute atomic E-state index is 9.01. The van der Waals surface area contributed by atoms with Crippen LogP contribution in [0.1, 0.15) is 39.8 Å². The van der Waals surface area contributed by atoms with Crippen LogP contribution in [0, 0.1) is 13.8 Å². The summed E-state index contributed by atoms with van der Waals surface area (Å²) in [4.78, 5) is 0. The van der Waals surface area contributed by atoms with Gasteiger partial charge < -0.3 is 22.3 Å². The highest BCUT2D eigenvalue weighted by atomic mass is 16.2. The Morgan fingerprint density at radius 3 is 1.56 bits per heavy atom. The first-order valence-electron chi connectivity index (χ1n) is 6.46. The molecule has 0 spiro atoms. The van der Waals surface area contributed by atoms with Crippen molar-refractivity contribution in [1.82, 2.24) is 0 Å². The Morgan fingerprint density at radius 2 is 1.22 bits per heavy atom. The Morgan fingerprint density at radius 1 is 0.778 bits per heavy atom. The zero-order chi connectivity index (χ0) is 13.7. The van der Waals surface area contributed by atoms with Crippen LogP contribution in [0.2, 0.25) is 0 Å². The molecule has 1 aromatic carbocycles. The van der Waals surface area contributed by atoms with E-state index in [1.165, 1.54) is 16.7 Å². The molecule has 102 valence electrons. The van der Waals surface area contributed by atoms with Crippen molar-refractivity contribution in [2.45, 2.75) is 46.3 Å². The topological polar surface area (TPSA) is 98.3 Å². The molecule has 0 aliphatic rings. The van der Waals surface area contributed by atoms with Gasteiger partial charge in [0, 0.05) is 26.2 Å². The first-order valence-corrected chi connectivity index (χ1v) is 6.46. The highest BCUT2D eigenvalue weighted by molar-refractivity contribution is 5.51. The first kappa shape index (κ1) is 15.1. The largest absolute Gasteiger partial charge is 0.396 e. The van der Waals surface area contributed by atoms with E-state index in [-0.39, 0.29) is 6.61 Å². The molecule has 0 atom stereocenters. The average Bonchev–Trinajstić information content (AvgIpc) is 2.37. The summed E-state index contributed by atoms with van der Waals surface area (Å²) in [5, 5.41) is 9.01. The van der Waals surface area contributed by atoms with Crippen LogP contribution in [0.3, 0.4) is 0 Å². The summed E-state index contributed by atoms with van der Waals surface area (Å²) < 4.78 is 0. The molecule has 0 bridgehead atoms. The molecule has 18 heavy (non-hydrogen) atoms. The Labute approximate surface area is 109 Å². The lowest BCUT2D eigenvalue weighted by Crippen LogP contribution is -2.17. The van der Waals surface area contributed by atoms with Crippen LogP contribution < -0.4 is 17.2 Å². The van der Waals surface area contributed by atoms with Crippen molar-refractivity contribution in [2.24, 2.45) is 17.2 Å². The van der Waals surface area contributed by atoms with Crippen LogP contribution in [0.15, 0.2) is 0 Å². The van der Waals surface area contributed by atoms with E-state index < -0.39 is 0 Å². The fourth-order valence-electron chi connectivity index (χ4n) is 2.70. The number of rotatable bonds is 6. The van der Waals surface area contributed by atoms with Gasteiger partial charge in [0.05, 0.1) is 0 Å². The van der Waals surface area contributed by atoms with E-state index in [0.29, 0.717) is 19.6 Å². The van der Waals surface area contributed by atoms with Crippen molar-refractivity contribution in [3.8, 4) is 0 Å². The number of aliphatic hydroxyl groups is 1. The van der Waals surface area contributed by atoms with Crippen molar-refractivity contribution >= 4 is 0 Å². The van der Waals surface area contributed by atoms with Gasteiger partial charge in [-0.15, -0.1) is 0 Å². The van der Waals surface area contributed by atoms with Gasteiger partial charge in [-0.2, -0.15) is 0 Å². The SMILES string of the molecule is Cc1c(CN)c(C)c(CN)c(CCCO)c1CN. The third kappa shape index (κ3) is 2.72. The van der Waals surface area contributed by atoms with E-state index in [0.717, 1.165) is 29.5 Å². The Kier molecular flexibility index (Phi) is 5.75. The van der Waals surface area contributed by atoms with Gasteiger partial charge >= 0.3 is 0 Å². The number of aliphatic hydroxyl groups excluding tert-OH is 1. The Bertz CT molecular complexity index is 385. The Hall–Kier alpha value is -0.940. The average molecular weight is 251 g/mol. The standard InChI is InChI=1S/C14H25N3O/c1-9-12(6-15)10(2)14(8-17)11(4-3-5-18)13(9)7-16/h18H,3-8,15-17H2,1-2H3. The molecule has 1 rings (SSSR count). The normalized spacial score (nSPS) is 11.0. The van der Waals surface area contributed by atoms with Gasteiger partial charge in [0.15, 0.2) is 0 Å². The van der Waals surface area contributed by atoms with Gasteiger partial charge in [-0.1, -0.05) is 0 Å². The monoisotopic (exact) mass is 251 g/mol. The molecule has 0 heterocycles. The number of hydrogen-bond acceptors (Lipinski definition) is 4. The predicted molar refractivity (Wildman–Crippen MR) is 75.0 cm³/mol. The van der Waals surface area contributed by atoms with Crippen LogP contribution in [0.4, 0.5) is 0 Å². The van der Waals surface area contributed by atoms with Crippen LogP contribution in [0.25, 0.3) is 0 Å². The van der Waals surface area contributed by atoms with Crippen LogP contribution in [-0.2, 0) is 26.1 Å². The lowest BCUT2D eigenvalue weighted by molar-refractivity contribution is 0.288. The lowest BCUT2D eigenvalue weighted by atomic mass is 9.85. The smallest absolute Gasteiger partial charge is 0.0434 e. The van der Waals surface area contributed by atoms with E-state index >= 15 is 0 Å². The van der Waals surface area contributed by atoms with E-state index in [1.54, 1.807) is 0 Å². The third-order valence-electron chi connectivity index (χ3n) is 3.74. The van der Waals surface area contributed by atoms with Gasteiger partial charge in [-0.25, -0.2) is 0 Å². The molecule has 0 saturated carbocycles. The maximum atomic E-state index is 9.01. The summed E-state index contributed by atoms with van der Waals surface area (Å²) in [6.07, 6.45) is 1.56. The predicted octanol–water partition coefficient (Wildman–Crippen LogP) is 0.604. The van der Waals surface area contributed by atoms with Crippen molar-refractivity contribution < 1.29 is 5.11 Å². The van der Waals surface area contributed by atoms with Crippen molar-refractivity contribution in [1.29, 1.82) is 0 Å². The molecule has 4 nitrogen and oxygen atoms in total. The molecule has 0 amide bonds. The van der Waals surface area contributed by atoms with Crippen molar-refractivity contribution in [3.63, 3.8) is 0 Å². The van der Waals surface area contributed by atoms with Crippen LogP contribution >= 0.6 is 0 Å². The molecule has 4 heteroatoms. The molecule has 0 saturated heterocycles. The summed E-state index contributed by atoms with van der Waals surface area (Å²) in [7, 11) is 0. The summed E-state index contributed by atoms with van der Waals surface area (Å²) in [6.45, 7) is 5.82. The highest BCUT2D eigenvalue weighted by Gasteiger charge is 2.16. The zero-order valence-electron chi connectivity index (χ0n) is 11.4. The van der Waals surface area contributed by atoms with Crippen LogP contribution in [0.5, 0.6) is 0 Å². The summed E-state index contributed by atoms with van der Waals surface area (Å²) in [6, 6.07) is 0. The second-order valence-electron chi connectivity index (χ2n) is 4.60. The molecule has 1 aromatic rings. The van der Waals surface area contributed by atoms with Gasteiger partial charge in [0.1, 0.15) is 0 Å². The van der Waals surface area contributed by atoms with Gasteiger partial charge in [0.2, 0.25) is 0 Å². The summed E-state index contributed by atoms with van der Waals surface area (Å²) in [5.74, 6) is 0. The van der Waals surface area contributed by atoms with Gasteiger partial charge in [0.25, 0.3) is 0 Å². The van der Waals surface area contributed by atoms with E-state index in [4.69, 9.17) is 22.3 Å². The van der Waals surface area contributed by atoms with Gasteiger partial charge in [-0.3, -0.25) is 0 Å². The van der Waals surface area contributed by atoms with E-state index in [2.05, 4.69) is 13.8 Å². The second-order valence-corrected chi connectivity index (χ2v) is 4.60. The first-order chi connectivity index (χ1) is 8.62. The lowest BCUT2D eigenvalue weighted by Gasteiger charge is -2.22. The molecule has 0 aliphatic heterocycles. The summed E-state index contributed by atoms with van der Waals surface area (Å²) in [5.41, 5.74) is 24.6. The molecule has 0 aromatic heterocycles. The Balaban J connectivity index is 3.45. The third-order valence-corrected chi connectivity index (χ3v) is 3.74. The zero-order valence-corrected chi connectivity index (χ0v) is 11.4. The number of benzene rings is 1. The van der Waals surface area contributed by atoms with Crippen LogP contribution in [-0.4, -0.2) is 11.7 Å². The van der Waals surface area contributed by atoms with Gasteiger partial charge in [-0.05, 0) is 60.1 Å². The molecule has 0 fully saturated rings. The van der Waals surface area contributed by atoms with Crippen molar-refractivity contribution in [3.05, 3.63) is 33.4 Å². The van der Waals surface area contributed by atoms with Crippen molar-refractivity contribution in [2.75, 3.05) is 6.61 Å². The second kappa shape index (κ2) is 6.85. The molecular weight excluding hydrogens is 226 g/mol. The number of hydrogen-bond donors (Lipinski definition) is 4. The minimum absolute atomic E-state index is 0.185. The molecule has 0 unspecified atom stereocenters. The number of nitrogens with two attached hydrogens (primary N) is 3. The summed E-state index contributed by atoms with van der Waals surface area (Å²) >= 11 is 0. The molecule has 0 aliphatic carbocycles. The minimum Gasteiger partial charge on any atom is -0.396 e. The fraction of sp³-hybridized carbons (Fsp3) is 0.571. The van der Waals surface area contributed by atoms with E-state index in [1.807, 2.05) is 0 Å². The molecule has 0 radical (unpaired) electrons. The molecular formula is C14H25N3O. The quantitative estimate of drug-likeness (QED) is 0.595. The highest BCUT2D eigenvalue weighted by Crippen LogP contribution is 2.28. The fourth-order valence-corrected chi connectivity index (χ4v) is 2.70.